The Morgan fingerprint density at radius 3 is 2.19 bits per heavy atom. The minimum atomic E-state index is -2.26. The number of Topliss-reactive ketones (excluding diaryl/α,β-unsaturated/α-hetero) is 1. The van der Waals surface area contributed by atoms with Crippen LogP contribution in [0.5, 0.6) is 0 Å². The molecule has 1 saturated heterocycles. The van der Waals surface area contributed by atoms with Gasteiger partial charge in [0.05, 0.1) is 41.6 Å². The SMILES string of the molecule is CC(=O)O[C@@]12CO[C@@H]1C[C@H](O)[C@@]1(C)C(=O)[C@H](O)C3=C(C)[C@@H](OC(=O)C[C@@H](NC(=O)OC(C)(C)C)c4ccc(C)cc4)C[C@](O)(C3(C)C)C3(OC(=O)c4ccccc4)C[C@@]321. The monoisotopic (exact) mass is 817 g/mol. The number of hydrogen-bond donors (Lipinski definition) is 4. The van der Waals surface area contributed by atoms with Gasteiger partial charge in [-0.25, -0.2) is 9.59 Å². The Hall–Kier alpha value is -4.63. The molecule has 4 aliphatic carbocycles. The van der Waals surface area contributed by atoms with Gasteiger partial charge in [-0.15, -0.1) is 0 Å². The van der Waals surface area contributed by atoms with Gasteiger partial charge in [0.15, 0.2) is 17.0 Å². The third-order valence-corrected chi connectivity index (χ3v) is 14.0. The zero-order valence-electron chi connectivity index (χ0n) is 35.0. The van der Waals surface area contributed by atoms with Crippen LogP contribution in [0.1, 0.15) is 109 Å². The Balaban J connectivity index is 1.36. The normalized spacial score (nSPS) is 35.8. The summed E-state index contributed by atoms with van der Waals surface area (Å²) < 4.78 is 30.4. The number of benzene rings is 2. The van der Waals surface area contributed by atoms with Crippen molar-refractivity contribution < 1.29 is 63.0 Å². The van der Waals surface area contributed by atoms with E-state index in [0.717, 1.165) is 5.56 Å². The van der Waals surface area contributed by atoms with E-state index in [0.29, 0.717) is 5.56 Å². The summed E-state index contributed by atoms with van der Waals surface area (Å²) in [6, 6.07) is 14.4. The number of nitrogens with one attached hydrogen (secondary N) is 1. The summed E-state index contributed by atoms with van der Waals surface area (Å²) in [6.45, 7) is 14.3. The number of esters is 3. The van der Waals surface area contributed by atoms with Gasteiger partial charge in [0.1, 0.15) is 29.5 Å². The lowest BCUT2D eigenvalue weighted by atomic mass is 9.44. The van der Waals surface area contributed by atoms with Crippen molar-refractivity contribution in [2.24, 2.45) is 16.2 Å². The van der Waals surface area contributed by atoms with E-state index >= 15 is 4.79 Å². The van der Waals surface area contributed by atoms with Crippen LogP contribution < -0.4 is 5.32 Å². The molecule has 4 N–H and O–H groups in total. The fraction of sp³-hybridized carbons (Fsp3) is 0.578. The third-order valence-electron chi connectivity index (χ3n) is 14.0. The van der Waals surface area contributed by atoms with Crippen LogP contribution in [0.2, 0.25) is 0 Å². The van der Waals surface area contributed by atoms with Crippen LogP contribution in [0.25, 0.3) is 0 Å². The molecule has 1 aliphatic heterocycles. The lowest BCUT2D eigenvalue weighted by molar-refractivity contribution is -0.349. The quantitative estimate of drug-likeness (QED) is 0.162. The Morgan fingerprint density at radius 1 is 0.966 bits per heavy atom. The number of alkyl carbamates (subject to hydrolysis) is 1. The van der Waals surface area contributed by atoms with Crippen LogP contribution in [0.4, 0.5) is 4.79 Å². The van der Waals surface area contributed by atoms with Crippen molar-refractivity contribution in [3.63, 3.8) is 0 Å². The zero-order chi connectivity index (χ0) is 43.3. The number of aryl methyl sites for hydroxylation is 1. The highest BCUT2D eigenvalue weighted by Gasteiger charge is 2.99. The number of fused-ring (bicyclic) bond motifs is 4. The predicted molar refractivity (Wildman–Crippen MR) is 209 cm³/mol. The summed E-state index contributed by atoms with van der Waals surface area (Å²) in [7, 11) is 0. The van der Waals surface area contributed by atoms with Crippen molar-refractivity contribution in [3.8, 4) is 0 Å². The maximum atomic E-state index is 15.2. The van der Waals surface area contributed by atoms with Crippen molar-refractivity contribution in [1.82, 2.24) is 5.32 Å². The second kappa shape index (κ2) is 14.0. The van der Waals surface area contributed by atoms with Gasteiger partial charge in [0.25, 0.3) is 0 Å². The molecule has 0 radical (unpaired) electrons. The lowest BCUT2D eigenvalue weighted by Gasteiger charge is -2.67. The largest absolute Gasteiger partial charge is 0.458 e. The van der Waals surface area contributed by atoms with Gasteiger partial charge in [0.2, 0.25) is 0 Å². The van der Waals surface area contributed by atoms with E-state index < -0.39 is 105 Å². The second-order valence-corrected chi connectivity index (χ2v) is 18.7. The molecule has 1 amide bonds. The highest BCUT2D eigenvalue weighted by molar-refractivity contribution is 5.96. The Labute approximate surface area is 343 Å². The van der Waals surface area contributed by atoms with Gasteiger partial charge >= 0.3 is 24.0 Å². The number of amides is 1. The number of rotatable bonds is 8. The lowest BCUT2D eigenvalue weighted by Crippen LogP contribution is -2.82. The number of aliphatic hydroxyl groups excluding tert-OH is 2. The molecule has 14 heteroatoms. The average molecular weight is 818 g/mol. The Bertz CT molecular complexity index is 2110. The highest BCUT2D eigenvalue weighted by atomic mass is 16.6. The summed E-state index contributed by atoms with van der Waals surface area (Å²) >= 11 is 0. The molecule has 10 atom stereocenters. The second-order valence-electron chi connectivity index (χ2n) is 18.7. The van der Waals surface area contributed by atoms with E-state index in [1.807, 2.05) is 19.1 Å². The smallest absolute Gasteiger partial charge is 0.408 e. The Kier molecular flexibility index (Phi) is 10.1. The van der Waals surface area contributed by atoms with Gasteiger partial charge in [-0.1, -0.05) is 61.9 Å². The molecule has 2 aromatic carbocycles. The summed E-state index contributed by atoms with van der Waals surface area (Å²) in [5.41, 5.74) is -10.2. The number of carbonyl (C=O) groups excluding carboxylic acids is 5. The van der Waals surface area contributed by atoms with E-state index in [4.69, 9.17) is 23.7 Å². The maximum absolute atomic E-state index is 15.2. The van der Waals surface area contributed by atoms with Crippen molar-refractivity contribution in [1.29, 1.82) is 0 Å². The molecule has 1 unspecified atom stereocenters. The van der Waals surface area contributed by atoms with Crippen molar-refractivity contribution in [2.45, 2.75) is 141 Å². The molecule has 59 heavy (non-hydrogen) atoms. The summed E-state index contributed by atoms with van der Waals surface area (Å²) in [5.74, 6) is -3.21. The van der Waals surface area contributed by atoms with Crippen LogP contribution >= 0.6 is 0 Å². The van der Waals surface area contributed by atoms with Crippen LogP contribution in [-0.2, 0) is 38.1 Å². The number of ether oxygens (including phenoxy) is 5. The molecule has 318 valence electrons. The summed E-state index contributed by atoms with van der Waals surface area (Å²) in [6.07, 6.45) is -7.63. The molecule has 7 rings (SSSR count). The first kappa shape index (κ1) is 42.5. The van der Waals surface area contributed by atoms with Crippen LogP contribution in [-0.4, -0.2) is 98.5 Å². The van der Waals surface area contributed by atoms with Gasteiger partial charge in [-0.05, 0) is 70.4 Å². The van der Waals surface area contributed by atoms with Crippen LogP contribution in [0.3, 0.4) is 0 Å². The molecule has 2 aromatic rings. The van der Waals surface area contributed by atoms with Gasteiger partial charge in [-0.3, -0.25) is 14.4 Å². The molecule has 4 fully saturated rings. The first-order valence-corrected chi connectivity index (χ1v) is 20.1. The minimum Gasteiger partial charge on any atom is -0.458 e. The Morgan fingerprint density at radius 2 is 1.61 bits per heavy atom. The highest BCUT2D eigenvalue weighted by Crippen LogP contribution is 2.85. The first-order chi connectivity index (χ1) is 27.4. The summed E-state index contributed by atoms with van der Waals surface area (Å²) in [4.78, 5) is 69.7. The average Bonchev–Trinajstić information content (AvgIpc) is 3.83. The van der Waals surface area contributed by atoms with Crippen LogP contribution in [0, 0.1) is 23.2 Å². The van der Waals surface area contributed by atoms with E-state index in [2.05, 4.69) is 5.32 Å². The van der Waals surface area contributed by atoms with Crippen LogP contribution in [0.15, 0.2) is 65.7 Å². The van der Waals surface area contributed by atoms with Gasteiger partial charge in [-0.2, -0.15) is 0 Å². The number of carbonyl (C=O) groups is 5. The van der Waals surface area contributed by atoms with Gasteiger partial charge < -0.3 is 44.3 Å². The topological polar surface area (TPSA) is 204 Å². The van der Waals surface area contributed by atoms with Crippen molar-refractivity contribution in [2.75, 3.05) is 6.61 Å². The fourth-order valence-corrected chi connectivity index (χ4v) is 11.1. The number of aliphatic hydroxyl groups is 3. The zero-order valence-corrected chi connectivity index (χ0v) is 35.0. The molecule has 1 heterocycles. The molecule has 3 saturated carbocycles. The van der Waals surface area contributed by atoms with Gasteiger partial charge in [0, 0.05) is 31.6 Å². The molecular formula is C45H55NO13. The molecule has 1 spiro atoms. The molecule has 14 nitrogen and oxygen atoms in total. The molecule has 0 aromatic heterocycles. The first-order valence-electron chi connectivity index (χ1n) is 20.1. The number of hydrogen-bond acceptors (Lipinski definition) is 13. The third kappa shape index (κ3) is 6.07. The minimum absolute atomic E-state index is 0.0357. The number of ketones is 1. The van der Waals surface area contributed by atoms with Crippen molar-refractivity contribution in [3.05, 3.63) is 82.4 Å². The maximum Gasteiger partial charge on any atom is 0.408 e. The van der Waals surface area contributed by atoms with E-state index in [1.54, 1.807) is 71.9 Å². The van der Waals surface area contributed by atoms with E-state index in [9.17, 15) is 34.5 Å². The molecule has 5 aliphatic rings. The fourth-order valence-electron chi connectivity index (χ4n) is 11.1. The van der Waals surface area contributed by atoms with Crippen molar-refractivity contribution >= 4 is 29.8 Å². The summed E-state index contributed by atoms with van der Waals surface area (Å²) in [5, 5.41) is 40.9. The molecular weight excluding hydrogens is 762 g/mol. The van der Waals surface area contributed by atoms with E-state index in [1.165, 1.54) is 26.0 Å². The standard InChI is InChI=1S/C45H55NO13/c1-24-15-17-27(18-16-24)29(46-38(53)59-39(4,5)6)19-33(49)56-30-21-44(54)40(7,8)34(25(30)2)35(50)36(51)41(9)31(48)20-32-42(23-55-32,57-26(3)47)43(41)22-45(43,44)58-37(52)28-13-11-10-12-14-28/h10-18,29-32,35,48,50,54H,19-23H2,1-9H3,(H,46,53)/t29-,30+,31+,32-,35-,41+,42+,43+,44+,45?/m1/s1. The van der Waals surface area contributed by atoms with E-state index in [-0.39, 0.29) is 42.6 Å². The predicted octanol–water partition coefficient (Wildman–Crippen LogP) is 4.74. The molecule has 2 bridgehead atoms.